The van der Waals surface area contributed by atoms with Crippen LogP contribution < -0.4 is 10.4 Å². The number of rotatable bonds is 7. The van der Waals surface area contributed by atoms with E-state index >= 15 is 0 Å². The molecule has 0 aliphatic heterocycles. The third-order valence-electron chi connectivity index (χ3n) is 10.9. The smallest absolute Gasteiger partial charge is 0.261 e. The Balaban J connectivity index is 1.62. The van der Waals surface area contributed by atoms with E-state index in [0.29, 0.717) is 30.6 Å². The van der Waals surface area contributed by atoms with E-state index in [1.54, 1.807) is 0 Å². The molecule has 2 aromatic rings. The molecule has 2 aromatic carbocycles. The molecule has 2 nitrogen and oxygen atoms in total. The van der Waals surface area contributed by atoms with Crippen molar-refractivity contribution in [1.82, 2.24) is 0 Å². The van der Waals surface area contributed by atoms with Crippen LogP contribution in [0.1, 0.15) is 79.6 Å². The second kappa shape index (κ2) is 10.3. The Labute approximate surface area is 238 Å². The number of hydrogen-bond donors (Lipinski definition) is 0. The van der Waals surface area contributed by atoms with E-state index in [4.69, 9.17) is 4.43 Å². The van der Waals surface area contributed by atoms with Crippen LogP contribution in [0.3, 0.4) is 0 Å². The van der Waals surface area contributed by atoms with Crippen molar-refractivity contribution in [2.45, 2.75) is 84.6 Å². The summed E-state index contributed by atoms with van der Waals surface area (Å²) in [5.41, 5.74) is -0.188. The SMILES string of the molecule is C=CC[C@]12CC=CC[C@H]1[C@@]1(CCCC(C)(C)[C@H]1CO[Si](c1ccccc1)(c1ccccc1)C(C)(C)C)CC2=O. The Kier molecular flexibility index (Phi) is 7.48. The average Bonchev–Trinajstić information content (AvgIpc) is 3.14. The van der Waals surface area contributed by atoms with E-state index in [-0.39, 0.29) is 21.3 Å². The van der Waals surface area contributed by atoms with Gasteiger partial charge in [-0.1, -0.05) is 120 Å². The van der Waals surface area contributed by atoms with Crippen LogP contribution in [0, 0.1) is 28.1 Å². The summed E-state index contributed by atoms with van der Waals surface area (Å²) in [6.45, 7) is 16.8. The molecule has 2 fully saturated rings. The number of fused-ring (bicyclic) bond motifs is 2. The number of benzene rings is 2. The number of allylic oxidation sites excluding steroid dienone is 3. The van der Waals surface area contributed by atoms with Gasteiger partial charge in [-0.2, -0.15) is 0 Å². The van der Waals surface area contributed by atoms with Crippen molar-refractivity contribution in [3.63, 3.8) is 0 Å². The third-order valence-corrected chi connectivity index (χ3v) is 15.9. The van der Waals surface area contributed by atoms with Gasteiger partial charge in [0.15, 0.2) is 0 Å². The maximum atomic E-state index is 14.0. The highest BCUT2D eigenvalue weighted by atomic mass is 28.4. The van der Waals surface area contributed by atoms with Gasteiger partial charge in [-0.15, -0.1) is 6.58 Å². The van der Waals surface area contributed by atoms with Gasteiger partial charge in [0.1, 0.15) is 5.78 Å². The second-order valence-corrected chi connectivity index (χ2v) is 18.6. The van der Waals surface area contributed by atoms with E-state index in [1.165, 1.54) is 23.2 Å². The molecule has 2 saturated carbocycles. The molecule has 3 heteroatoms. The molecule has 208 valence electrons. The fraction of sp³-hybridized carbons (Fsp3) is 0.528. The van der Waals surface area contributed by atoms with Gasteiger partial charge in [0.05, 0.1) is 0 Å². The van der Waals surface area contributed by atoms with Crippen molar-refractivity contribution in [1.29, 1.82) is 0 Å². The Morgan fingerprint density at radius 2 is 1.59 bits per heavy atom. The summed E-state index contributed by atoms with van der Waals surface area (Å²) in [4.78, 5) is 14.0. The van der Waals surface area contributed by atoms with Crippen molar-refractivity contribution in [2.24, 2.45) is 28.1 Å². The average molecular weight is 541 g/mol. The zero-order chi connectivity index (χ0) is 27.9. The van der Waals surface area contributed by atoms with Gasteiger partial charge >= 0.3 is 0 Å². The Hall–Kier alpha value is -2.23. The molecule has 0 bridgehead atoms. The highest BCUT2D eigenvalue weighted by Gasteiger charge is 2.66. The fourth-order valence-corrected chi connectivity index (χ4v) is 13.7. The van der Waals surface area contributed by atoms with Crippen LogP contribution >= 0.6 is 0 Å². The van der Waals surface area contributed by atoms with Crippen LogP contribution in [0.5, 0.6) is 0 Å². The van der Waals surface area contributed by atoms with Crippen molar-refractivity contribution < 1.29 is 9.22 Å². The molecule has 39 heavy (non-hydrogen) atoms. The van der Waals surface area contributed by atoms with Gasteiger partial charge in [-0.05, 0) is 70.2 Å². The van der Waals surface area contributed by atoms with Crippen LogP contribution in [0.4, 0.5) is 0 Å². The first-order chi connectivity index (χ1) is 18.5. The Morgan fingerprint density at radius 1 is 0.974 bits per heavy atom. The van der Waals surface area contributed by atoms with Gasteiger partial charge in [0.2, 0.25) is 0 Å². The van der Waals surface area contributed by atoms with Crippen molar-refractivity contribution in [3.05, 3.63) is 85.5 Å². The molecule has 1 spiro atoms. The van der Waals surface area contributed by atoms with Crippen LogP contribution in [0.15, 0.2) is 85.5 Å². The standard InChI is InChI=1S/C36H48O2Si/c1-7-22-35-24-15-14-21-30(35)36(26-32(35)37)25-16-23-34(5,6)31(36)27-38-39(33(2,3)4,28-17-10-8-11-18-28)29-19-12-9-13-20-29/h7-15,17-20,30-31H,1,16,21-27H2,2-6H3/t30-,31-,35+,36-/m1/s1. The second-order valence-electron chi connectivity index (χ2n) is 14.3. The molecule has 0 N–H and O–H groups in total. The monoisotopic (exact) mass is 540 g/mol. The number of carbonyl (C=O) groups is 1. The number of Topliss-reactive ketones (excluding diaryl/α,β-unsaturated/α-hetero) is 1. The molecule has 3 aliphatic carbocycles. The largest absolute Gasteiger partial charge is 0.407 e. The maximum Gasteiger partial charge on any atom is 0.261 e. The van der Waals surface area contributed by atoms with E-state index < -0.39 is 8.32 Å². The van der Waals surface area contributed by atoms with E-state index in [2.05, 4.69) is 114 Å². The van der Waals surface area contributed by atoms with Crippen LogP contribution in [-0.2, 0) is 9.22 Å². The normalized spacial score (nSPS) is 30.3. The van der Waals surface area contributed by atoms with Crippen LogP contribution in [-0.4, -0.2) is 20.7 Å². The summed E-state index contributed by atoms with van der Waals surface area (Å²) in [7, 11) is -2.67. The topological polar surface area (TPSA) is 26.3 Å². The summed E-state index contributed by atoms with van der Waals surface area (Å²) >= 11 is 0. The summed E-state index contributed by atoms with van der Waals surface area (Å²) in [6.07, 6.45) is 13.5. The lowest BCUT2D eigenvalue weighted by molar-refractivity contribution is -0.127. The molecule has 5 rings (SSSR count). The molecule has 0 unspecified atom stereocenters. The fourth-order valence-electron chi connectivity index (χ4n) is 9.17. The van der Waals surface area contributed by atoms with E-state index in [9.17, 15) is 4.79 Å². The van der Waals surface area contributed by atoms with Crippen molar-refractivity contribution in [2.75, 3.05) is 6.61 Å². The number of hydrogen-bond acceptors (Lipinski definition) is 2. The zero-order valence-corrected chi connectivity index (χ0v) is 25.8. The minimum Gasteiger partial charge on any atom is -0.407 e. The molecule has 3 aliphatic rings. The van der Waals surface area contributed by atoms with E-state index in [1.807, 2.05) is 6.08 Å². The molecular formula is C36H48O2Si. The van der Waals surface area contributed by atoms with Gasteiger partial charge in [-0.25, -0.2) is 0 Å². The Morgan fingerprint density at radius 3 is 2.15 bits per heavy atom. The van der Waals surface area contributed by atoms with Gasteiger partial charge in [-0.3, -0.25) is 4.79 Å². The van der Waals surface area contributed by atoms with Crippen LogP contribution in [0.25, 0.3) is 0 Å². The first kappa shape index (κ1) is 28.3. The van der Waals surface area contributed by atoms with Gasteiger partial charge in [0, 0.05) is 18.4 Å². The molecular weight excluding hydrogens is 492 g/mol. The predicted octanol–water partition coefficient (Wildman–Crippen LogP) is 7.88. The van der Waals surface area contributed by atoms with Gasteiger partial charge in [0.25, 0.3) is 8.32 Å². The molecule has 0 aromatic heterocycles. The maximum absolute atomic E-state index is 14.0. The third kappa shape index (κ3) is 4.45. The minimum absolute atomic E-state index is 0.0159. The summed E-state index contributed by atoms with van der Waals surface area (Å²) in [5.74, 6) is 1.17. The molecule has 4 atom stereocenters. The first-order valence-corrected chi connectivity index (χ1v) is 17.0. The van der Waals surface area contributed by atoms with Gasteiger partial charge < -0.3 is 4.43 Å². The first-order valence-electron chi connectivity index (χ1n) is 15.1. The highest BCUT2D eigenvalue weighted by Crippen LogP contribution is 2.68. The molecule has 0 amide bonds. The lowest BCUT2D eigenvalue weighted by atomic mass is 9.49. The summed E-state index contributed by atoms with van der Waals surface area (Å²) in [5, 5.41) is 2.60. The quantitative estimate of drug-likeness (QED) is 0.264. The molecule has 0 radical (unpaired) electrons. The van der Waals surface area contributed by atoms with Crippen molar-refractivity contribution >= 4 is 24.5 Å². The van der Waals surface area contributed by atoms with Crippen LogP contribution in [0.2, 0.25) is 5.04 Å². The predicted molar refractivity (Wildman–Crippen MR) is 166 cm³/mol. The van der Waals surface area contributed by atoms with E-state index in [0.717, 1.165) is 25.7 Å². The number of ketones is 1. The molecule has 0 heterocycles. The molecule has 0 saturated heterocycles. The zero-order valence-electron chi connectivity index (χ0n) is 24.8. The lowest BCUT2D eigenvalue weighted by Gasteiger charge is -2.56. The summed E-state index contributed by atoms with van der Waals surface area (Å²) in [6, 6.07) is 22.0. The highest BCUT2D eigenvalue weighted by molar-refractivity contribution is 6.99. The van der Waals surface area contributed by atoms with Crippen molar-refractivity contribution in [3.8, 4) is 0 Å². The minimum atomic E-state index is -2.67. The Bertz CT molecular complexity index is 1170. The summed E-state index contributed by atoms with van der Waals surface area (Å²) < 4.78 is 7.63. The number of carbonyl (C=O) groups excluding carboxylic acids is 1. The lowest BCUT2D eigenvalue weighted by Crippen LogP contribution is -2.67.